The number of pyridine rings is 1. The highest BCUT2D eigenvalue weighted by Crippen LogP contribution is 2.41. The summed E-state index contributed by atoms with van der Waals surface area (Å²) in [5.74, 6) is -1.55. The summed E-state index contributed by atoms with van der Waals surface area (Å²) in [6.07, 6.45) is -4.53. The number of hydrogen-bond acceptors (Lipinski definition) is 6. The van der Waals surface area contributed by atoms with Crippen molar-refractivity contribution < 1.29 is 27.8 Å². The number of nitrogen functional groups attached to an aromatic ring is 2. The van der Waals surface area contributed by atoms with Gasteiger partial charge >= 0.3 is 12.1 Å². The molecule has 2 heterocycles. The molecule has 0 saturated heterocycles. The largest absolute Gasteiger partial charge is 0.490 e. The Hall–Kier alpha value is -4.26. The van der Waals surface area contributed by atoms with Crippen molar-refractivity contribution in [1.29, 1.82) is 5.26 Å². The first kappa shape index (κ1) is 21.4. The molecule has 0 aliphatic carbocycles. The lowest BCUT2D eigenvalue weighted by molar-refractivity contribution is -0.192. The van der Waals surface area contributed by atoms with Gasteiger partial charge in [0.2, 0.25) is 5.88 Å². The molecule has 0 spiro atoms. The maximum absolute atomic E-state index is 10.6. The Balaban J connectivity index is 0.000000339. The summed E-state index contributed by atoms with van der Waals surface area (Å²) in [5, 5.41) is 16.3. The number of benzene rings is 2. The van der Waals surface area contributed by atoms with Crippen LogP contribution in [0.5, 0.6) is 11.6 Å². The van der Waals surface area contributed by atoms with Crippen LogP contribution in [0.2, 0.25) is 0 Å². The smallest absolute Gasteiger partial charge is 0.475 e. The molecule has 0 saturated carbocycles. The Morgan fingerprint density at radius 3 is 2.35 bits per heavy atom. The van der Waals surface area contributed by atoms with Gasteiger partial charge in [0.05, 0.1) is 5.69 Å². The van der Waals surface area contributed by atoms with E-state index in [9.17, 15) is 18.4 Å². The number of nitrogens with two attached hydrogens (primary N) is 2. The van der Waals surface area contributed by atoms with E-state index in [2.05, 4.69) is 23.2 Å². The van der Waals surface area contributed by atoms with Crippen molar-refractivity contribution >= 4 is 17.5 Å². The van der Waals surface area contributed by atoms with Gasteiger partial charge in [-0.2, -0.15) is 23.4 Å². The number of halogens is 3. The predicted molar refractivity (Wildman–Crippen MR) is 106 cm³/mol. The number of aliphatic carboxylic acids is 1. The molecule has 1 aliphatic rings. The molecule has 0 unspecified atom stereocenters. The lowest BCUT2D eigenvalue weighted by Gasteiger charge is -2.22. The van der Waals surface area contributed by atoms with E-state index in [1.807, 2.05) is 36.4 Å². The number of anilines is 2. The Labute approximate surface area is 174 Å². The number of carboxylic acids is 1. The minimum Gasteiger partial charge on any atom is -0.475 e. The molecule has 5 N–H and O–H groups in total. The second-order valence-corrected chi connectivity index (χ2v) is 6.45. The highest BCUT2D eigenvalue weighted by Gasteiger charge is 2.38. The minimum absolute atomic E-state index is 0.0955. The Morgan fingerprint density at radius 1 is 1.13 bits per heavy atom. The van der Waals surface area contributed by atoms with E-state index < -0.39 is 12.1 Å². The monoisotopic (exact) mass is 428 g/mol. The van der Waals surface area contributed by atoms with Crippen molar-refractivity contribution in [1.82, 2.24) is 4.98 Å². The summed E-state index contributed by atoms with van der Waals surface area (Å²) < 4.78 is 37.6. The van der Waals surface area contributed by atoms with Gasteiger partial charge in [0.1, 0.15) is 23.2 Å². The average molecular weight is 428 g/mol. The summed E-state index contributed by atoms with van der Waals surface area (Å²) in [6.45, 7) is 0. The lowest BCUT2D eigenvalue weighted by atomic mass is 9.95. The molecule has 0 bridgehead atoms. The number of nitriles is 1. The van der Waals surface area contributed by atoms with Crippen molar-refractivity contribution in [3.63, 3.8) is 0 Å². The molecule has 7 nitrogen and oxygen atoms in total. The van der Waals surface area contributed by atoms with Crippen LogP contribution in [-0.4, -0.2) is 22.2 Å². The zero-order chi connectivity index (χ0) is 22.8. The highest BCUT2D eigenvalue weighted by atomic mass is 19.4. The highest BCUT2D eigenvalue weighted by molar-refractivity contribution is 5.74. The number of rotatable bonds is 1. The molecule has 158 valence electrons. The van der Waals surface area contributed by atoms with Crippen molar-refractivity contribution in [2.24, 2.45) is 0 Å². The first-order valence-corrected chi connectivity index (χ1v) is 8.76. The fourth-order valence-electron chi connectivity index (χ4n) is 2.93. The van der Waals surface area contributed by atoms with Crippen LogP contribution in [0.25, 0.3) is 11.1 Å². The van der Waals surface area contributed by atoms with Gasteiger partial charge in [-0.25, -0.2) is 4.79 Å². The quantitative estimate of drug-likeness (QED) is 0.415. The van der Waals surface area contributed by atoms with Crippen LogP contribution < -0.4 is 16.2 Å². The first-order chi connectivity index (χ1) is 14.6. The van der Waals surface area contributed by atoms with Gasteiger partial charge in [-0.15, -0.1) is 0 Å². The van der Waals surface area contributed by atoms with Gasteiger partial charge < -0.3 is 21.3 Å². The molecule has 2 aromatic carbocycles. The molecule has 4 rings (SSSR count). The fourth-order valence-corrected chi connectivity index (χ4v) is 2.93. The number of fused-ring (bicyclic) bond motifs is 2. The second-order valence-electron chi connectivity index (χ2n) is 6.45. The summed E-state index contributed by atoms with van der Waals surface area (Å²) in [6, 6.07) is 18.1. The number of alkyl halides is 3. The number of aromatic nitrogens is 1. The maximum atomic E-state index is 10.6. The maximum Gasteiger partial charge on any atom is 0.490 e. The van der Waals surface area contributed by atoms with Crippen LogP contribution in [-0.2, 0) is 11.2 Å². The number of carbonyl (C=O) groups is 1. The third-order valence-corrected chi connectivity index (χ3v) is 4.43. The molecule has 31 heavy (non-hydrogen) atoms. The van der Waals surface area contributed by atoms with E-state index in [-0.39, 0.29) is 11.4 Å². The van der Waals surface area contributed by atoms with Crippen LogP contribution in [0.4, 0.5) is 24.7 Å². The molecule has 1 aromatic heterocycles. The lowest BCUT2D eigenvalue weighted by Crippen LogP contribution is -2.21. The zero-order valence-electron chi connectivity index (χ0n) is 15.8. The van der Waals surface area contributed by atoms with Gasteiger partial charge in [-0.05, 0) is 23.3 Å². The summed E-state index contributed by atoms with van der Waals surface area (Å²) in [7, 11) is 0. The van der Waals surface area contributed by atoms with Crippen LogP contribution >= 0.6 is 0 Å². The van der Waals surface area contributed by atoms with Gasteiger partial charge in [-0.3, -0.25) is 0 Å². The number of nitrogens with zero attached hydrogens (tertiary/aromatic N) is 2. The molecule has 10 heteroatoms. The topological polar surface area (TPSA) is 135 Å². The van der Waals surface area contributed by atoms with Crippen LogP contribution in [0.1, 0.15) is 16.7 Å². The Morgan fingerprint density at radius 2 is 1.77 bits per heavy atom. The predicted octanol–water partition coefficient (Wildman–Crippen LogP) is 4.11. The molecule has 1 aliphatic heterocycles. The van der Waals surface area contributed by atoms with E-state index in [0.717, 1.165) is 22.4 Å². The van der Waals surface area contributed by atoms with Crippen molar-refractivity contribution in [3.8, 4) is 28.8 Å². The summed E-state index contributed by atoms with van der Waals surface area (Å²) >= 11 is 0. The van der Waals surface area contributed by atoms with E-state index >= 15 is 0 Å². The molecule has 0 amide bonds. The minimum atomic E-state index is -5.08. The van der Waals surface area contributed by atoms with Crippen molar-refractivity contribution in [2.75, 3.05) is 11.5 Å². The van der Waals surface area contributed by atoms with Crippen molar-refractivity contribution in [2.45, 2.75) is 12.6 Å². The third kappa shape index (κ3) is 4.51. The second kappa shape index (κ2) is 8.23. The van der Waals surface area contributed by atoms with Gasteiger partial charge in [-0.1, -0.05) is 36.4 Å². The standard InChI is InChI=1S/C19H14N4O.C2HF3O2/c20-10-15-17(21)14-9-13-8-12(11-4-2-1-3-5-11)6-7-16(13)24-19(14)23-18(15)22;3-2(4,5)1(6)7/h1-8H,9H2,(H4,21,22,23);(H,6,7). The van der Waals surface area contributed by atoms with Gasteiger partial charge in [0, 0.05) is 17.5 Å². The summed E-state index contributed by atoms with van der Waals surface area (Å²) in [5.41, 5.74) is 16.4. The van der Waals surface area contributed by atoms with Gasteiger partial charge in [0.25, 0.3) is 0 Å². The number of hydrogen-bond donors (Lipinski definition) is 3. The van der Waals surface area contributed by atoms with Crippen molar-refractivity contribution in [3.05, 3.63) is 65.2 Å². The fraction of sp³-hybridized carbons (Fsp3) is 0.0952. The zero-order valence-corrected chi connectivity index (χ0v) is 15.8. The molecule has 0 atom stereocenters. The molecule has 0 fully saturated rings. The van der Waals surface area contributed by atoms with E-state index in [1.165, 1.54) is 0 Å². The molecule has 0 radical (unpaired) electrons. The normalized spacial score (nSPS) is 11.7. The number of ether oxygens (including phenoxy) is 1. The van der Waals surface area contributed by atoms with Crippen LogP contribution in [0, 0.1) is 11.3 Å². The Kier molecular flexibility index (Phi) is 5.70. The third-order valence-electron chi connectivity index (χ3n) is 4.43. The first-order valence-electron chi connectivity index (χ1n) is 8.76. The van der Waals surface area contributed by atoms with Crippen LogP contribution in [0.15, 0.2) is 48.5 Å². The molecule has 3 aromatic rings. The molecular formula is C21H15F3N4O3. The summed E-state index contributed by atoms with van der Waals surface area (Å²) in [4.78, 5) is 13.1. The van der Waals surface area contributed by atoms with Gasteiger partial charge in [0.15, 0.2) is 0 Å². The SMILES string of the molecule is N#Cc1c(N)nc2c(c1N)Cc1cc(-c3ccccc3)ccc1O2.O=C(O)C(F)(F)F. The van der Waals surface area contributed by atoms with E-state index in [1.54, 1.807) is 0 Å². The van der Waals surface area contributed by atoms with Crippen LogP contribution in [0.3, 0.4) is 0 Å². The Bertz CT molecular complexity index is 1190. The molecular weight excluding hydrogens is 413 g/mol. The average Bonchev–Trinajstić information content (AvgIpc) is 2.73. The number of carboxylic acid groups (broad SMARTS) is 1. The van der Waals surface area contributed by atoms with E-state index in [4.69, 9.17) is 26.1 Å². The van der Waals surface area contributed by atoms with E-state index in [0.29, 0.717) is 23.6 Å².